The molecule has 21 heavy (non-hydrogen) atoms. The Morgan fingerprint density at radius 2 is 1.67 bits per heavy atom. The Hall–Kier alpha value is -2.31. The van der Waals surface area contributed by atoms with E-state index in [1.165, 1.54) is 26.2 Å². The van der Waals surface area contributed by atoms with Gasteiger partial charge >= 0.3 is 6.18 Å². The van der Waals surface area contributed by atoms with Gasteiger partial charge < -0.3 is 4.74 Å². The van der Waals surface area contributed by atoms with Crippen molar-refractivity contribution < 1.29 is 27.5 Å². The maximum Gasteiger partial charge on any atom is 0.416 e. The van der Waals surface area contributed by atoms with Crippen LogP contribution in [0.1, 0.15) is 18.1 Å². The predicted octanol–water partition coefficient (Wildman–Crippen LogP) is 2.49. The monoisotopic (exact) mass is 299 g/mol. The normalized spacial score (nSPS) is 16.0. The summed E-state index contributed by atoms with van der Waals surface area (Å²) in [7, 11) is 1.28. The summed E-state index contributed by atoms with van der Waals surface area (Å²) in [6.07, 6.45) is -4.42. The molecule has 1 aliphatic rings. The van der Waals surface area contributed by atoms with E-state index in [0.29, 0.717) is 5.56 Å². The van der Waals surface area contributed by atoms with Crippen LogP contribution in [0.5, 0.6) is 0 Å². The van der Waals surface area contributed by atoms with E-state index < -0.39 is 23.6 Å². The second-order valence-corrected chi connectivity index (χ2v) is 4.55. The van der Waals surface area contributed by atoms with Gasteiger partial charge in [0.05, 0.1) is 24.8 Å². The number of methoxy groups -OCH3 is 1. The van der Waals surface area contributed by atoms with Crippen LogP contribution in [0, 0.1) is 0 Å². The van der Waals surface area contributed by atoms with Gasteiger partial charge in [-0.05, 0) is 24.6 Å². The molecule has 0 saturated heterocycles. The molecule has 0 aliphatic carbocycles. The van der Waals surface area contributed by atoms with Gasteiger partial charge in [0, 0.05) is 0 Å². The van der Waals surface area contributed by atoms with E-state index >= 15 is 0 Å². The Morgan fingerprint density at radius 3 is 2.10 bits per heavy atom. The van der Waals surface area contributed by atoms with Gasteiger partial charge in [0.15, 0.2) is 5.76 Å². The summed E-state index contributed by atoms with van der Waals surface area (Å²) in [5, 5.41) is 0. The SMILES string of the molecule is COC1=C(C)C(=O)N(Cc2ccc(C(F)(F)F)cc2)C1=O. The average Bonchev–Trinajstić information content (AvgIpc) is 2.62. The Bertz CT molecular complexity index is 617. The molecule has 0 radical (unpaired) electrons. The van der Waals surface area contributed by atoms with Crippen LogP contribution in [0.4, 0.5) is 13.2 Å². The summed E-state index contributed by atoms with van der Waals surface area (Å²) in [4.78, 5) is 24.8. The fraction of sp³-hybridized carbons (Fsp3) is 0.286. The Labute approximate surface area is 118 Å². The molecule has 2 rings (SSSR count). The molecule has 0 saturated carbocycles. The van der Waals surface area contributed by atoms with E-state index in [-0.39, 0.29) is 17.9 Å². The molecule has 0 spiro atoms. The summed E-state index contributed by atoms with van der Waals surface area (Å²) >= 11 is 0. The third-order valence-electron chi connectivity index (χ3n) is 3.17. The number of benzene rings is 1. The van der Waals surface area contributed by atoms with Gasteiger partial charge in [-0.1, -0.05) is 12.1 Å². The number of carbonyl (C=O) groups is 2. The van der Waals surface area contributed by atoms with E-state index in [1.807, 2.05) is 0 Å². The molecule has 0 aromatic heterocycles. The maximum absolute atomic E-state index is 12.5. The second-order valence-electron chi connectivity index (χ2n) is 4.55. The number of amides is 2. The molecular formula is C14H12F3NO3. The van der Waals surface area contributed by atoms with Crippen molar-refractivity contribution in [3.05, 3.63) is 46.7 Å². The standard InChI is InChI=1S/C14H12F3NO3/c1-8-11(21-2)13(20)18(12(8)19)7-9-3-5-10(6-4-9)14(15,16)17/h3-6H,7H2,1-2H3. The van der Waals surface area contributed by atoms with Crippen LogP contribution in [0.2, 0.25) is 0 Å². The van der Waals surface area contributed by atoms with Gasteiger partial charge in [-0.15, -0.1) is 0 Å². The lowest BCUT2D eigenvalue weighted by Crippen LogP contribution is -2.31. The van der Waals surface area contributed by atoms with Gasteiger partial charge in [-0.3, -0.25) is 14.5 Å². The van der Waals surface area contributed by atoms with Crippen LogP contribution in [0.25, 0.3) is 0 Å². The maximum atomic E-state index is 12.5. The van der Waals surface area contributed by atoms with Crippen molar-refractivity contribution >= 4 is 11.8 Å². The highest BCUT2D eigenvalue weighted by Crippen LogP contribution is 2.29. The minimum absolute atomic E-state index is 0.0353. The van der Waals surface area contributed by atoms with E-state index in [0.717, 1.165) is 17.0 Å². The van der Waals surface area contributed by atoms with Crippen LogP contribution in [0.15, 0.2) is 35.6 Å². The van der Waals surface area contributed by atoms with Crippen molar-refractivity contribution in [2.24, 2.45) is 0 Å². The molecule has 0 N–H and O–H groups in total. The highest BCUT2D eigenvalue weighted by molar-refractivity contribution is 6.17. The summed E-state index contributed by atoms with van der Waals surface area (Å²) < 4.78 is 42.2. The minimum atomic E-state index is -4.42. The van der Waals surface area contributed by atoms with Gasteiger partial charge in [0.1, 0.15) is 0 Å². The smallest absolute Gasteiger partial charge is 0.416 e. The predicted molar refractivity (Wildman–Crippen MR) is 66.7 cm³/mol. The van der Waals surface area contributed by atoms with Crippen LogP contribution < -0.4 is 0 Å². The van der Waals surface area contributed by atoms with Crippen molar-refractivity contribution in [2.45, 2.75) is 19.6 Å². The van der Waals surface area contributed by atoms with Gasteiger partial charge in [-0.2, -0.15) is 13.2 Å². The number of ether oxygens (including phenoxy) is 1. The van der Waals surface area contributed by atoms with Crippen molar-refractivity contribution in [2.75, 3.05) is 7.11 Å². The molecule has 1 heterocycles. The van der Waals surface area contributed by atoms with Crippen molar-refractivity contribution in [1.82, 2.24) is 4.90 Å². The van der Waals surface area contributed by atoms with Gasteiger partial charge in [0.25, 0.3) is 11.8 Å². The fourth-order valence-electron chi connectivity index (χ4n) is 2.04. The zero-order valence-corrected chi connectivity index (χ0v) is 11.3. The number of carbonyl (C=O) groups excluding carboxylic acids is 2. The van der Waals surface area contributed by atoms with Crippen molar-refractivity contribution in [3.8, 4) is 0 Å². The second kappa shape index (κ2) is 5.23. The Morgan fingerprint density at radius 1 is 1.10 bits per heavy atom. The summed E-state index contributed by atoms with van der Waals surface area (Å²) in [6.45, 7) is 1.37. The third-order valence-corrected chi connectivity index (χ3v) is 3.17. The Kier molecular flexibility index (Phi) is 3.76. The number of rotatable bonds is 3. The zero-order chi connectivity index (χ0) is 15.8. The highest BCUT2D eigenvalue weighted by atomic mass is 19.4. The molecule has 1 aromatic rings. The molecule has 1 aliphatic heterocycles. The van der Waals surface area contributed by atoms with Crippen molar-refractivity contribution in [1.29, 1.82) is 0 Å². The lowest BCUT2D eigenvalue weighted by molar-refractivity contribution is -0.140. The molecule has 0 atom stereocenters. The largest absolute Gasteiger partial charge is 0.491 e. The number of alkyl halides is 3. The van der Waals surface area contributed by atoms with E-state index in [4.69, 9.17) is 4.74 Å². The first-order valence-corrected chi connectivity index (χ1v) is 6.03. The first-order valence-electron chi connectivity index (χ1n) is 6.03. The molecule has 1 aromatic carbocycles. The lowest BCUT2D eigenvalue weighted by Gasteiger charge is -2.15. The van der Waals surface area contributed by atoms with Crippen LogP contribution in [-0.2, 0) is 27.0 Å². The van der Waals surface area contributed by atoms with Crippen LogP contribution in [0.3, 0.4) is 0 Å². The number of imide groups is 1. The first-order chi connectivity index (χ1) is 9.75. The van der Waals surface area contributed by atoms with Crippen LogP contribution >= 0.6 is 0 Å². The van der Waals surface area contributed by atoms with Crippen LogP contribution in [-0.4, -0.2) is 23.8 Å². The summed E-state index contributed by atoms with van der Waals surface area (Å²) in [6, 6.07) is 4.31. The Balaban J connectivity index is 2.17. The minimum Gasteiger partial charge on any atom is -0.491 e. The quantitative estimate of drug-likeness (QED) is 0.806. The van der Waals surface area contributed by atoms with Crippen molar-refractivity contribution in [3.63, 3.8) is 0 Å². The fourth-order valence-corrected chi connectivity index (χ4v) is 2.04. The molecule has 4 nitrogen and oxygen atoms in total. The zero-order valence-electron chi connectivity index (χ0n) is 11.3. The molecule has 7 heteroatoms. The molecule has 2 amide bonds. The van der Waals surface area contributed by atoms with Gasteiger partial charge in [-0.25, -0.2) is 0 Å². The highest BCUT2D eigenvalue weighted by Gasteiger charge is 2.37. The average molecular weight is 299 g/mol. The topological polar surface area (TPSA) is 46.6 Å². The summed E-state index contributed by atoms with van der Waals surface area (Å²) in [5.41, 5.74) is -0.165. The van der Waals surface area contributed by atoms with E-state index in [2.05, 4.69) is 0 Å². The molecule has 0 unspecified atom stereocenters. The number of hydrogen-bond acceptors (Lipinski definition) is 3. The van der Waals surface area contributed by atoms with Gasteiger partial charge in [0.2, 0.25) is 0 Å². The molecule has 0 fully saturated rings. The van der Waals surface area contributed by atoms with E-state index in [9.17, 15) is 22.8 Å². The first kappa shape index (κ1) is 15.1. The molecule has 0 bridgehead atoms. The molecule has 112 valence electrons. The molecular weight excluding hydrogens is 287 g/mol. The third kappa shape index (κ3) is 2.76. The number of nitrogens with zero attached hydrogens (tertiary/aromatic N) is 1. The lowest BCUT2D eigenvalue weighted by atomic mass is 10.1. The number of hydrogen-bond donors (Lipinski definition) is 0. The number of halogens is 3. The van der Waals surface area contributed by atoms with E-state index in [1.54, 1.807) is 0 Å². The summed E-state index contributed by atoms with van der Waals surface area (Å²) in [5.74, 6) is -1.12.